The molecule has 1 heterocycles. The van der Waals surface area contributed by atoms with Gasteiger partial charge in [-0.1, -0.05) is 30.7 Å². The molecule has 0 bridgehead atoms. The molecule has 0 spiro atoms. The van der Waals surface area contributed by atoms with Gasteiger partial charge in [0.1, 0.15) is 0 Å². The van der Waals surface area contributed by atoms with Crippen LogP contribution in [0.4, 0.5) is 0 Å². The molecule has 27 heavy (non-hydrogen) atoms. The third kappa shape index (κ3) is 6.36. The number of sulfone groups is 1. The SMILES string of the molecule is CC[C@@H](C)N(C(=O)COC(=O)/C=C/c1cccc(Cl)c1)[C@@H]1CCS(=O)(=O)C1. The highest BCUT2D eigenvalue weighted by molar-refractivity contribution is 7.91. The molecule has 1 fully saturated rings. The fraction of sp³-hybridized carbons (Fsp3) is 0.474. The summed E-state index contributed by atoms with van der Waals surface area (Å²) in [6.07, 6.45) is 3.88. The molecular weight excluding hydrogens is 390 g/mol. The standard InChI is InChI=1S/C19H24ClNO5S/c1-3-14(2)21(17-9-10-27(24,25)13-17)18(22)12-26-19(23)8-7-15-5-4-6-16(20)11-15/h4-8,11,14,17H,3,9-10,12-13H2,1-2H3/b8-7+/t14-,17-/m1/s1. The summed E-state index contributed by atoms with van der Waals surface area (Å²) in [5, 5.41) is 0.552. The molecule has 0 saturated carbocycles. The number of benzene rings is 1. The van der Waals surface area contributed by atoms with Crippen LogP contribution in [0.15, 0.2) is 30.3 Å². The van der Waals surface area contributed by atoms with Crippen molar-refractivity contribution in [3.8, 4) is 0 Å². The summed E-state index contributed by atoms with van der Waals surface area (Å²) in [7, 11) is -3.11. The lowest BCUT2D eigenvalue weighted by Gasteiger charge is -2.33. The van der Waals surface area contributed by atoms with Gasteiger partial charge in [-0.15, -0.1) is 0 Å². The van der Waals surface area contributed by atoms with Crippen molar-refractivity contribution in [2.75, 3.05) is 18.1 Å². The average Bonchev–Trinajstić information content (AvgIpc) is 2.97. The molecule has 1 saturated heterocycles. The number of ether oxygens (including phenoxy) is 1. The average molecular weight is 414 g/mol. The normalized spacial score (nSPS) is 19.7. The maximum Gasteiger partial charge on any atom is 0.331 e. The van der Waals surface area contributed by atoms with Crippen LogP contribution in [-0.2, 0) is 24.2 Å². The van der Waals surface area contributed by atoms with Gasteiger partial charge in [-0.25, -0.2) is 13.2 Å². The second-order valence-corrected chi connectivity index (χ2v) is 9.28. The summed E-state index contributed by atoms with van der Waals surface area (Å²) in [4.78, 5) is 26.0. The number of esters is 1. The minimum atomic E-state index is -3.11. The van der Waals surface area contributed by atoms with E-state index in [9.17, 15) is 18.0 Å². The molecule has 0 N–H and O–H groups in total. The van der Waals surface area contributed by atoms with Crippen LogP contribution in [0.3, 0.4) is 0 Å². The first-order valence-corrected chi connectivity index (χ1v) is 11.0. The number of nitrogens with zero attached hydrogens (tertiary/aromatic N) is 1. The topological polar surface area (TPSA) is 80.8 Å². The Balaban J connectivity index is 1.95. The van der Waals surface area contributed by atoms with Gasteiger partial charge in [-0.3, -0.25) is 4.79 Å². The molecule has 6 nitrogen and oxygen atoms in total. The summed E-state index contributed by atoms with van der Waals surface area (Å²) in [6, 6.07) is 6.47. The highest BCUT2D eigenvalue weighted by Gasteiger charge is 2.36. The van der Waals surface area contributed by atoms with E-state index in [2.05, 4.69) is 0 Å². The molecule has 0 aromatic heterocycles. The van der Waals surface area contributed by atoms with Gasteiger partial charge in [-0.05, 0) is 43.5 Å². The predicted molar refractivity (Wildman–Crippen MR) is 105 cm³/mol. The first-order chi connectivity index (χ1) is 12.7. The number of carbonyl (C=O) groups is 2. The van der Waals surface area contributed by atoms with Crippen molar-refractivity contribution in [2.24, 2.45) is 0 Å². The first kappa shape index (κ1) is 21.4. The molecule has 2 atom stereocenters. The van der Waals surface area contributed by atoms with Gasteiger partial charge in [-0.2, -0.15) is 0 Å². The van der Waals surface area contributed by atoms with Crippen LogP contribution in [0.2, 0.25) is 5.02 Å². The summed E-state index contributed by atoms with van der Waals surface area (Å²) in [6.45, 7) is 3.37. The number of hydrogen-bond donors (Lipinski definition) is 0. The number of rotatable bonds is 7. The molecule has 0 radical (unpaired) electrons. The fourth-order valence-electron chi connectivity index (χ4n) is 3.03. The van der Waals surface area contributed by atoms with Crippen LogP contribution in [0.1, 0.15) is 32.3 Å². The Labute approximate surface area is 165 Å². The Hall–Kier alpha value is -1.86. The van der Waals surface area contributed by atoms with Crippen molar-refractivity contribution >= 4 is 39.4 Å². The minimum absolute atomic E-state index is 0.0360. The van der Waals surface area contributed by atoms with Crippen molar-refractivity contribution in [1.82, 2.24) is 4.90 Å². The quantitative estimate of drug-likeness (QED) is 0.507. The zero-order valence-electron chi connectivity index (χ0n) is 15.4. The van der Waals surface area contributed by atoms with E-state index in [0.29, 0.717) is 17.9 Å². The molecule has 1 amide bonds. The van der Waals surface area contributed by atoms with Crippen LogP contribution >= 0.6 is 11.6 Å². The number of halogens is 1. The highest BCUT2D eigenvalue weighted by atomic mass is 35.5. The lowest BCUT2D eigenvalue weighted by atomic mass is 10.1. The molecule has 0 unspecified atom stereocenters. The second-order valence-electron chi connectivity index (χ2n) is 6.61. The van der Waals surface area contributed by atoms with Gasteiger partial charge in [0.2, 0.25) is 0 Å². The molecule has 2 rings (SSSR count). The molecule has 1 aliphatic rings. The number of hydrogen-bond acceptors (Lipinski definition) is 5. The predicted octanol–water partition coefficient (Wildman–Crippen LogP) is 2.71. The van der Waals surface area contributed by atoms with Gasteiger partial charge in [0.15, 0.2) is 16.4 Å². The first-order valence-electron chi connectivity index (χ1n) is 8.84. The lowest BCUT2D eigenvalue weighted by Crippen LogP contribution is -2.48. The number of amides is 1. The maximum atomic E-state index is 12.6. The van der Waals surface area contributed by atoms with E-state index < -0.39 is 22.4 Å². The van der Waals surface area contributed by atoms with E-state index in [-0.39, 0.29) is 29.5 Å². The molecule has 148 valence electrons. The Bertz CT molecular complexity index is 821. The van der Waals surface area contributed by atoms with Crippen LogP contribution in [0.5, 0.6) is 0 Å². The zero-order valence-corrected chi connectivity index (χ0v) is 17.0. The van der Waals surface area contributed by atoms with E-state index >= 15 is 0 Å². The second kappa shape index (κ2) is 9.37. The van der Waals surface area contributed by atoms with E-state index in [1.807, 2.05) is 13.8 Å². The van der Waals surface area contributed by atoms with E-state index in [1.165, 1.54) is 6.08 Å². The Kier molecular flexibility index (Phi) is 7.44. The zero-order chi connectivity index (χ0) is 20.0. The Morgan fingerprint density at radius 2 is 2.15 bits per heavy atom. The van der Waals surface area contributed by atoms with Crippen molar-refractivity contribution in [2.45, 2.75) is 38.8 Å². The van der Waals surface area contributed by atoms with Crippen LogP contribution < -0.4 is 0 Å². The molecule has 8 heteroatoms. The summed E-state index contributed by atoms with van der Waals surface area (Å²) in [5.41, 5.74) is 0.739. The Morgan fingerprint density at radius 1 is 1.41 bits per heavy atom. The van der Waals surface area contributed by atoms with Crippen LogP contribution in [0, 0.1) is 0 Å². The molecule has 1 aliphatic heterocycles. The summed E-state index contributed by atoms with van der Waals surface area (Å²) in [5.74, 6) is -0.978. The van der Waals surface area contributed by atoms with Gasteiger partial charge in [0.05, 0.1) is 11.5 Å². The maximum absolute atomic E-state index is 12.6. The van der Waals surface area contributed by atoms with Crippen molar-refractivity contribution in [3.05, 3.63) is 40.9 Å². The monoisotopic (exact) mass is 413 g/mol. The van der Waals surface area contributed by atoms with Gasteiger partial charge >= 0.3 is 5.97 Å². The molecule has 1 aromatic rings. The Morgan fingerprint density at radius 3 is 2.74 bits per heavy atom. The van der Waals surface area contributed by atoms with Crippen LogP contribution in [-0.4, -0.2) is 55.4 Å². The molecule has 0 aliphatic carbocycles. The number of carbonyl (C=O) groups excluding carboxylic acids is 2. The highest BCUT2D eigenvalue weighted by Crippen LogP contribution is 2.21. The minimum Gasteiger partial charge on any atom is -0.452 e. The lowest BCUT2D eigenvalue weighted by molar-refractivity contribution is -0.150. The van der Waals surface area contributed by atoms with Gasteiger partial charge in [0, 0.05) is 23.2 Å². The third-order valence-corrected chi connectivity index (χ3v) is 6.54. The van der Waals surface area contributed by atoms with Gasteiger partial charge in [0.25, 0.3) is 5.91 Å². The van der Waals surface area contributed by atoms with Crippen molar-refractivity contribution in [1.29, 1.82) is 0 Å². The van der Waals surface area contributed by atoms with E-state index in [1.54, 1.807) is 35.2 Å². The smallest absolute Gasteiger partial charge is 0.331 e. The summed E-state index contributed by atoms with van der Waals surface area (Å²) >= 11 is 5.88. The van der Waals surface area contributed by atoms with E-state index in [0.717, 1.165) is 5.56 Å². The summed E-state index contributed by atoms with van der Waals surface area (Å²) < 4.78 is 28.5. The fourth-order valence-corrected chi connectivity index (χ4v) is 4.94. The third-order valence-electron chi connectivity index (χ3n) is 4.55. The van der Waals surface area contributed by atoms with Crippen molar-refractivity contribution < 1.29 is 22.7 Å². The van der Waals surface area contributed by atoms with Crippen molar-refractivity contribution in [3.63, 3.8) is 0 Å². The molecular formula is C19H24ClNO5S. The van der Waals surface area contributed by atoms with Gasteiger partial charge < -0.3 is 9.64 Å². The largest absolute Gasteiger partial charge is 0.452 e. The van der Waals surface area contributed by atoms with E-state index in [4.69, 9.17) is 16.3 Å². The molecule has 1 aromatic carbocycles. The van der Waals surface area contributed by atoms with Crippen LogP contribution in [0.25, 0.3) is 6.08 Å².